The molecule has 1 saturated carbocycles. The second-order valence-electron chi connectivity index (χ2n) is 3.55. The molecule has 76 valence electrons. The van der Waals surface area contributed by atoms with E-state index in [9.17, 15) is 9.59 Å². The first kappa shape index (κ1) is 9.24. The minimum absolute atomic E-state index is 0.0341. The predicted molar refractivity (Wildman–Crippen MR) is 47.3 cm³/mol. The third kappa shape index (κ3) is 1.31. The van der Waals surface area contributed by atoms with E-state index in [1.54, 1.807) is 19.9 Å². The monoisotopic (exact) mass is 196 g/mol. The Hall–Kier alpha value is -1.32. The van der Waals surface area contributed by atoms with Gasteiger partial charge in [-0.15, -0.1) is 0 Å². The van der Waals surface area contributed by atoms with Crippen molar-refractivity contribution >= 4 is 11.8 Å². The highest BCUT2D eigenvalue weighted by Gasteiger charge is 2.59. The lowest BCUT2D eigenvalue weighted by molar-refractivity contribution is -0.143. The van der Waals surface area contributed by atoms with Gasteiger partial charge in [0.2, 0.25) is 5.76 Å². The molecule has 0 N–H and O–H groups in total. The Labute approximate surface area is 81.9 Å². The molecule has 2 aliphatic rings. The summed E-state index contributed by atoms with van der Waals surface area (Å²) in [6, 6.07) is 0. The Morgan fingerprint density at radius 1 is 1.57 bits per heavy atom. The van der Waals surface area contributed by atoms with E-state index in [4.69, 9.17) is 9.47 Å². The maximum atomic E-state index is 11.2. The van der Waals surface area contributed by atoms with Gasteiger partial charge in [0.05, 0.1) is 12.5 Å². The summed E-state index contributed by atoms with van der Waals surface area (Å²) >= 11 is 0. The minimum atomic E-state index is -0.429. The molecule has 0 bridgehead atoms. The molecule has 0 aromatic heterocycles. The van der Waals surface area contributed by atoms with Crippen LogP contribution >= 0.6 is 0 Å². The Morgan fingerprint density at radius 3 is 2.71 bits per heavy atom. The number of esters is 1. The summed E-state index contributed by atoms with van der Waals surface area (Å²) < 4.78 is 10.1. The number of ketones is 1. The molecule has 2 rings (SSSR count). The number of hydrogen-bond donors (Lipinski definition) is 0. The van der Waals surface area contributed by atoms with Gasteiger partial charge in [-0.1, -0.05) is 0 Å². The number of carbonyl (C=O) groups is 2. The summed E-state index contributed by atoms with van der Waals surface area (Å²) in [5.74, 6) is 0.0283. The van der Waals surface area contributed by atoms with Crippen LogP contribution in [0.3, 0.4) is 0 Å². The Morgan fingerprint density at radius 2 is 2.29 bits per heavy atom. The zero-order valence-electron chi connectivity index (χ0n) is 8.15. The lowest BCUT2D eigenvalue weighted by Crippen LogP contribution is -2.12. The molecule has 0 saturated heterocycles. The highest BCUT2D eigenvalue weighted by atomic mass is 16.6. The summed E-state index contributed by atoms with van der Waals surface area (Å²) in [6.45, 7) is 3.63. The van der Waals surface area contributed by atoms with Gasteiger partial charge in [0.1, 0.15) is 11.9 Å². The Kier molecular flexibility index (Phi) is 2.06. The third-order valence-corrected chi connectivity index (χ3v) is 2.56. The van der Waals surface area contributed by atoms with E-state index < -0.39 is 5.97 Å². The van der Waals surface area contributed by atoms with Gasteiger partial charge in [-0.3, -0.25) is 4.79 Å². The molecule has 3 atom stereocenters. The number of ether oxygens (including phenoxy) is 2. The minimum Gasteiger partial charge on any atom is -0.482 e. The van der Waals surface area contributed by atoms with E-state index in [1.807, 2.05) is 0 Å². The summed E-state index contributed by atoms with van der Waals surface area (Å²) in [4.78, 5) is 22.2. The van der Waals surface area contributed by atoms with E-state index in [2.05, 4.69) is 0 Å². The van der Waals surface area contributed by atoms with Crippen LogP contribution in [0.2, 0.25) is 0 Å². The standard InChI is InChI=1S/C10H12O4/c1-3-13-10(12)7-4-6-8(5(2)11)9(6)14-7/h4,6,8-9H,3H2,1-2H3/t6-,8-,9-/m1/s1. The first-order valence-electron chi connectivity index (χ1n) is 4.71. The van der Waals surface area contributed by atoms with Crippen molar-refractivity contribution in [2.24, 2.45) is 11.8 Å². The van der Waals surface area contributed by atoms with Crippen molar-refractivity contribution in [2.75, 3.05) is 6.61 Å². The zero-order valence-corrected chi connectivity index (χ0v) is 8.15. The van der Waals surface area contributed by atoms with Crippen molar-refractivity contribution in [1.82, 2.24) is 0 Å². The first-order chi connectivity index (χ1) is 6.65. The highest BCUT2D eigenvalue weighted by Crippen LogP contribution is 2.49. The van der Waals surface area contributed by atoms with Crippen molar-refractivity contribution in [1.29, 1.82) is 0 Å². The topological polar surface area (TPSA) is 52.6 Å². The molecule has 1 aliphatic carbocycles. The van der Waals surface area contributed by atoms with Gasteiger partial charge in [-0.2, -0.15) is 0 Å². The lowest BCUT2D eigenvalue weighted by Gasteiger charge is -2.06. The van der Waals surface area contributed by atoms with Gasteiger partial charge < -0.3 is 9.47 Å². The van der Waals surface area contributed by atoms with E-state index in [-0.39, 0.29) is 29.5 Å². The summed E-state index contributed by atoms with van der Waals surface area (Å²) in [5.41, 5.74) is 0. The zero-order chi connectivity index (χ0) is 10.3. The molecule has 14 heavy (non-hydrogen) atoms. The normalized spacial score (nSPS) is 32.7. The van der Waals surface area contributed by atoms with Gasteiger partial charge in [-0.25, -0.2) is 4.79 Å². The molecule has 1 aliphatic heterocycles. The summed E-state index contributed by atoms with van der Waals surface area (Å²) in [5, 5.41) is 0. The first-order valence-corrected chi connectivity index (χ1v) is 4.71. The Balaban J connectivity index is 1.96. The molecule has 0 spiro atoms. The fourth-order valence-corrected chi connectivity index (χ4v) is 1.84. The Bertz CT molecular complexity index is 318. The molecule has 0 unspecified atom stereocenters. The molecule has 0 amide bonds. The van der Waals surface area contributed by atoms with Crippen molar-refractivity contribution in [3.8, 4) is 0 Å². The maximum Gasteiger partial charge on any atom is 0.373 e. The van der Waals surface area contributed by atoms with Crippen LogP contribution in [0.25, 0.3) is 0 Å². The molecule has 0 aromatic rings. The van der Waals surface area contributed by atoms with Gasteiger partial charge >= 0.3 is 5.97 Å². The third-order valence-electron chi connectivity index (χ3n) is 2.56. The van der Waals surface area contributed by atoms with Crippen LogP contribution in [0.4, 0.5) is 0 Å². The van der Waals surface area contributed by atoms with Gasteiger partial charge in [0.15, 0.2) is 0 Å². The smallest absolute Gasteiger partial charge is 0.373 e. The van der Waals surface area contributed by atoms with Gasteiger partial charge in [0.25, 0.3) is 0 Å². The molecular formula is C10H12O4. The van der Waals surface area contributed by atoms with E-state index in [1.165, 1.54) is 0 Å². The highest BCUT2D eigenvalue weighted by molar-refractivity contribution is 5.89. The van der Waals surface area contributed by atoms with Crippen molar-refractivity contribution in [3.63, 3.8) is 0 Å². The lowest BCUT2D eigenvalue weighted by atomic mass is 10.2. The quantitative estimate of drug-likeness (QED) is 0.622. The van der Waals surface area contributed by atoms with Gasteiger partial charge in [-0.05, 0) is 19.9 Å². The maximum absolute atomic E-state index is 11.2. The van der Waals surface area contributed by atoms with Crippen molar-refractivity contribution in [2.45, 2.75) is 20.0 Å². The average Bonchev–Trinajstić information content (AvgIpc) is 2.63. The molecule has 4 heteroatoms. The summed E-state index contributed by atoms with van der Waals surface area (Å²) in [7, 11) is 0. The molecule has 4 nitrogen and oxygen atoms in total. The summed E-state index contributed by atoms with van der Waals surface area (Å²) in [6.07, 6.45) is 1.60. The van der Waals surface area contributed by atoms with Crippen LogP contribution in [0.15, 0.2) is 11.8 Å². The number of Topliss-reactive ketones (excluding diaryl/α,β-unsaturated/α-hetero) is 1. The van der Waals surface area contributed by atoms with Crippen LogP contribution in [-0.4, -0.2) is 24.5 Å². The van der Waals surface area contributed by atoms with E-state index in [0.29, 0.717) is 6.61 Å². The number of rotatable bonds is 3. The molecular weight excluding hydrogens is 184 g/mol. The van der Waals surface area contributed by atoms with E-state index in [0.717, 1.165) is 0 Å². The molecule has 0 aromatic carbocycles. The van der Waals surface area contributed by atoms with E-state index >= 15 is 0 Å². The van der Waals surface area contributed by atoms with Crippen LogP contribution < -0.4 is 0 Å². The molecule has 1 heterocycles. The largest absolute Gasteiger partial charge is 0.482 e. The second kappa shape index (κ2) is 3.12. The number of hydrogen-bond acceptors (Lipinski definition) is 4. The van der Waals surface area contributed by atoms with Crippen LogP contribution in [0, 0.1) is 11.8 Å². The van der Waals surface area contributed by atoms with Crippen LogP contribution in [0.5, 0.6) is 0 Å². The average molecular weight is 196 g/mol. The van der Waals surface area contributed by atoms with Crippen molar-refractivity contribution < 1.29 is 19.1 Å². The van der Waals surface area contributed by atoms with Crippen LogP contribution in [-0.2, 0) is 19.1 Å². The SMILES string of the molecule is CCOC(=O)C1=C[C@H]2[C@@H](O1)[C@@H]2C(C)=O. The fourth-order valence-electron chi connectivity index (χ4n) is 1.84. The number of carbonyl (C=O) groups excluding carboxylic acids is 2. The molecule has 1 fully saturated rings. The van der Waals surface area contributed by atoms with Crippen molar-refractivity contribution in [3.05, 3.63) is 11.8 Å². The predicted octanol–water partition coefficient (Wildman–Crippen LogP) is 0.667. The number of fused-ring (bicyclic) bond motifs is 1. The second-order valence-corrected chi connectivity index (χ2v) is 3.55. The van der Waals surface area contributed by atoms with Gasteiger partial charge in [0, 0.05) is 5.92 Å². The fraction of sp³-hybridized carbons (Fsp3) is 0.600. The molecule has 0 radical (unpaired) electrons. The van der Waals surface area contributed by atoms with Crippen LogP contribution in [0.1, 0.15) is 13.8 Å².